The van der Waals surface area contributed by atoms with E-state index >= 15 is 0 Å². The van der Waals surface area contributed by atoms with Crippen LogP contribution < -0.4 is 5.73 Å². The zero-order chi connectivity index (χ0) is 9.84. The highest BCUT2D eigenvalue weighted by Gasteiger charge is 2.25. The molecule has 0 aromatic carbocycles. The maximum atomic E-state index is 11.5. The van der Waals surface area contributed by atoms with Crippen LogP contribution in [-0.4, -0.2) is 29.9 Å². The summed E-state index contributed by atoms with van der Waals surface area (Å²) in [5.41, 5.74) is 5.54. The summed E-state index contributed by atoms with van der Waals surface area (Å²) in [5.74, 6) is 0.726. The lowest BCUT2D eigenvalue weighted by Gasteiger charge is -2.35. The fourth-order valence-corrected chi connectivity index (χ4v) is 1.79. The third kappa shape index (κ3) is 2.69. The van der Waals surface area contributed by atoms with Crippen molar-refractivity contribution in [2.24, 2.45) is 11.7 Å². The quantitative estimate of drug-likeness (QED) is 0.710. The van der Waals surface area contributed by atoms with Crippen molar-refractivity contribution in [2.75, 3.05) is 13.1 Å². The van der Waals surface area contributed by atoms with Gasteiger partial charge >= 0.3 is 0 Å². The molecule has 3 heteroatoms. The first-order valence-electron chi connectivity index (χ1n) is 5.14. The monoisotopic (exact) mass is 184 g/mol. The minimum atomic E-state index is 0.305. The zero-order valence-electron chi connectivity index (χ0n) is 8.62. The first-order valence-corrected chi connectivity index (χ1v) is 5.14. The highest BCUT2D eigenvalue weighted by atomic mass is 16.2. The summed E-state index contributed by atoms with van der Waals surface area (Å²) in [6.07, 6.45) is 2.91. The van der Waals surface area contributed by atoms with Gasteiger partial charge in [-0.2, -0.15) is 0 Å². The molecule has 1 aliphatic rings. The maximum Gasteiger partial charge on any atom is 0.222 e. The van der Waals surface area contributed by atoms with Gasteiger partial charge in [0.15, 0.2) is 0 Å². The minimum Gasteiger partial charge on any atom is -0.340 e. The van der Waals surface area contributed by atoms with Crippen molar-refractivity contribution in [3.8, 4) is 0 Å². The molecule has 1 rings (SSSR count). The molecular formula is C10H20N2O. The van der Waals surface area contributed by atoms with E-state index in [9.17, 15) is 4.79 Å². The third-order valence-electron chi connectivity index (χ3n) is 2.78. The molecule has 2 unspecified atom stereocenters. The highest BCUT2D eigenvalue weighted by molar-refractivity contribution is 5.77. The van der Waals surface area contributed by atoms with Gasteiger partial charge in [-0.3, -0.25) is 4.79 Å². The number of nitrogens with two attached hydrogens (primary N) is 1. The first kappa shape index (κ1) is 10.5. The van der Waals surface area contributed by atoms with Crippen molar-refractivity contribution in [3.05, 3.63) is 0 Å². The second kappa shape index (κ2) is 4.61. The Kier molecular flexibility index (Phi) is 3.72. The SMILES string of the molecule is CC(CN)CN1C(=O)CCCC1C. The van der Waals surface area contributed by atoms with Crippen molar-refractivity contribution in [2.45, 2.75) is 39.2 Å². The number of carbonyl (C=O) groups excluding carboxylic acids is 1. The van der Waals surface area contributed by atoms with Crippen LogP contribution in [-0.2, 0) is 4.79 Å². The lowest BCUT2D eigenvalue weighted by molar-refractivity contribution is -0.136. The van der Waals surface area contributed by atoms with E-state index in [1.807, 2.05) is 4.90 Å². The van der Waals surface area contributed by atoms with Crippen molar-refractivity contribution in [1.82, 2.24) is 4.90 Å². The Morgan fingerprint density at radius 1 is 1.69 bits per heavy atom. The van der Waals surface area contributed by atoms with Crippen LogP contribution in [0.1, 0.15) is 33.1 Å². The molecule has 0 saturated carbocycles. The fourth-order valence-electron chi connectivity index (χ4n) is 1.79. The van der Waals surface area contributed by atoms with Gasteiger partial charge in [0.05, 0.1) is 0 Å². The van der Waals surface area contributed by atoms with Gasteiger partial charge < -0.3 is 10.6 Å². The van der Waals surface area contributed by atoms with Gasteiger partial charge in [-0.15, -0.1) is 0 Å². The lowest BCUT2D eigenvalue weighted by Crippen LogP contribution is -2.45. The molecule has 1 fully saturated rings. The molecule has 1 saturated heterocycles. The predicted molar refractivity (Wildman–Crippen MR) is 53.2 cm³/mol. The molecule has 1 amide bonds. The molecule has 1 heterocycles. The molecule has 2 atom stereocenters. The lowest BCUT2D eigenvalue weighted by atomic mass is 10.0. The average Bonchev–Trinajstić information content (AvgIpc) is 2.11. The Morgan fingerprint density at radius 2 is 2.38 bits per heavy atom. The summed E-state index contributed by atoms with van der Waals surface area (Å²) in [7, 11) is 0. The number of likely N-dealkylation sites (tertiary alicyclic amines) is 1. The number of rotatable bonds is 3. The molecule has 0 radical (unpaired) electrons. The number of carbonyl (C=O) groups is 1. The standard InChI is InChI=1S/C10H20N2O/c1-8(6-11)7-12-9(2)4-3-5-10(12)13/h8-9H,3-7,11H2,1-2H3. The highest BCUT2D eigenvalue weighted by Crippen LogP contribution is 2.18. The predicted octanol–water partition coefficient (Wildman–Crippen LogP) is 0.982. The number of amides is 1. The molecule has 13 heavy (non-hydrogen) atoms. The van der Waals surface area contributed by atoms with Crippen molar-refractivity contribution < 1.29 is 4.79 Å². The summed E-state index contributed by atoms with van der Waals surface area (Å²) in [4.78, 5) is 13.5. The van der Waals surface area contributed by atoms with E-state index in [0.717, 1.165) is 25.8 Å². The minimum absolute atomic E-state index is 0.305. The van der Waals surface area contributed by atoms with E-state index < -0.39 is 0 Å². The number of hydrogen-bond acceptors (Lipinski definition) is 2. The number of nitrogens with zero attached hydrogens (tertiary/aromatic N) is 1. The number of piperidine rings is 1. The van der Waals surface area contributed by atoms with Crippen LogP contribution in [0.4, 0.5) is 0 Å². The van der Waals surface area contributed by atoms with Crippen LogP contribution in [0.5, 0.6) is 0 Å². The van der Waals surface area contributed by atoms with Gasteiger partial charge in [0.1, 0.15) is 0 Å². The molecule has 0 bridgehead atoms. The summed E-state index contributed by atoms with van der Waals surface area (Å²) >= 11 is 0. The summed E-state index contributed by atoms with van der Waals surface area (Å²) in [6.45, 7) is 5.71. The van der Waals surface area contributed by atoms with E-state index in [4.69, 9.17) is 5.73 Å². The smallest absolute Gasteiger partial charge is 0.222 e. The molecule has 0 aromatic rings. The Balaban J connectivity index is 2.48. The zero-order valence-corrected chi connectivity index (χ0v) is 8.62. The Labute approximate surface area is 80.3 Å². The van der Waals surface area contributed by atoms with Crippen LogP contribution in [0.15, 0.2) is 0 Å². The van der Waals surface area contributed by atoms with Gasteiger partial charge in [0, 0.05) is 19.0 Å². The Bertz CT molecular complexity index is 182. The summed E-state index contributed by atoms with van der Waals surface area (Å²) < 4.78 is 0. The molecule has 3 nitrogen and oxygen atoms in total. The Hall–Kier alpha value is -0.570. The molecule has 0 spiro atoms. The van der Waals surface area contributed by atoms with E-state index in [1.54, 1.807) is 0 Å². The van der Waals surface area contributed by atoms with E-state index in [2.05, 4.69) is 13.8 Å². The van der Waals surface area contributed by atoms with Crippen molar-refractivity contribution in [3.63, 3.8) is 0 Å². The molecule has 2 N–H and O–H groups in total. The molecule has 0 aliphatic carbocycles. The number of hydrogen-bond donors (Lipinski definition) is 1. The molecule has 1 aliphatic heterocycles. The van der Waals surface area contributed by atoms with Gasteiger partial charge in [-0.05, 0) is 32.2 Å². The second-order valence-electron chi connectivity index (χ2n) is 4.13. The summed E-state index contributed by atoms with van der Waals surface area (Å²) in [5, 5.41) is 0. The van der Waals surface area contributed by atoms with E-state index in [-0.39, 0.29) is 0 Å². The molecular weight excluding hydrogens is 164 g/mol. The summed E-state index contributed by atoms with van der Waals surface area (Å²) in [6, 6.07) is 0.412. The van der Waals surface area contributed by atoms with Crippen molar-refractivity contribution in [1.29, 1.82) is 0 Å². The second-order valence-corrected chi connectivity index (χ2v) is 4.13. The normalized spacial score (nSPS) is 26.2. The first-order chi connectivity index (χ1) is 6.15. The van der Waals surface area contributed by atoms with Gasteiger partial charge in [0.2, 0.25) is 5.91 Å². The molecule has 0 aromatic heterocycles. The average molecular weight is 184 g/mol. The largest absolute Gasteiger partial charge is 0.340 e. The van der Waals surface area contributed by atoms with Crippen LogP contribution in [0.3, 0.4) is 0 Å². The van der Waals surface area contributed by atoms with E-state index in [0.29, 0.717) is 24.4 Å². The van der Waals surface area contributed by atoms with Crippen LogP contribution in [0.25, 0.3) is 0 Å². The van der Waals surface area contributed by atoms with Crippen molar-refractivity contribution >= 4 is 5.91 Å². The maximum absolute atomic E-state index is 11.5. The van der Waals surface area contributed by atoms with Crippen LogP contribution in [0.2, 0.25) is 0 Å². The fraction of sp³-hybridized carbons (Fsp3) is 0.900. The van der Waals surface area contributed by atoms with Gasteiger partial charge in [-0.1, -0.05) is 6.92 Å². The third-order valence-corrected chi connectivity index (χ3v) is 2.78. The van der Waals surface area contributed by atoms with Crippen LogP contribution >= 0.6 is 0 Å². The van der Waals surface area contributed by atoms with E-state index in [1.165, 1.54) is 0 Å². The Morgan fingerprint density at radius 3 is 2.92 bits per heavy atom. The molecule has 76 valence electrons. The topological polar surface area (TPSA) is 46.3 Å². The van der Waals surface area contributed by atoms with Gasteiger partial charge in [0.25, 0.3) is 0 Å². The van der Waals surface area contributed by atoms with Gasteiger partial charge in [-0.25, -0.2) is 0 Å². The van der Waals surface area contributed by atoms with Crippen LogP contribution in [0, 0.1) is 5.92 Å².